The lowest BCUT2D eigenvalue weighted by molar-refractivity contribution is -0.187. The molecule has 1 aliphatic heterocycles. The first-order valence-corrected chi connectivity index (χ1v) is 14.8. The number of carbonyl (C=O) groups excluding carboxylic acids is 2. The summed E-state index contributed by atoms with van der Waals surface area (Å²) >= 11 is 1.37. The number of thioether (sulfide) groups is 1. The molecule has 1 saturated carbocycles. The number of Topliss-reactive ketones (excluding diaryl/α,β-unsaturated/α-hetero) is 1. The van der Waals surface area contributed by atoms with Crippen molar-refractivity contribution in [3.05, 3.63) is 34.2 Å². The van der Waals surface area contributed by atoms with E-state index in [9.17, 15) is 33.0 Å². The number of allylic oxidation sites excluding steroid dienone is 2. The Kier molecular flexibility index (Phi) is 11.4. The lowest BCUT2D eigenvalue weighted by Crippen LogP contribution is -2.46. The highest BCUT2D eigenvalue weighted by molar-refractivity contribution is 8.05. The van der Waals surface area contributed by atoms with Gasteiger partial charge in [-0.25, -0.2) is 0 Å². The molecule has 0 amide bonds. The number of epoxide rings is 1. The maximum absolute atomic E-state index is 13.5. The highest BCUT2D eigenvalue weighted by Crippen LogP contribution is 2.60. The van der Waals surface area contributed by atoms with Crippen LogP contribution in [0.25, 0.3) is 0 Å². The molecule has 0 radical (unpaired) electrons. The van der Waals surface area contributed by atoms with Gasteiger partial charge < -0.3 is 25.4 Å². The molecule has 2 fully saturated rings. The largest absolute Gasteiger partial charge is 0.458 e. The van der Waals surface area contributed by atoms with Crippen molar-refractivity contribution >= 4 is 23.5 Å². The number of aliphatic hydroxyl groups is 2. The summed E-state index contributed by atoms with van der Waals surface area (Å²) in [7, 11) is 0. The molecule has 0 aromatic rings. The highest BCUT2D eigenvalue weighted by atomic mass is 32.2. The van der Waals surface area contributed by atoms with Crippen molar-refractivity contribution in [2.45, 2.75) is 111 Å². The quantitative estimate of drug-likeness (QED) is 0.124. The first-order chi connectivity index (χ1) is 18.7. The minimum absolute atomic E-state index is 0.155. The molecule has 1 heterocycles. The second kappa shape index (κ2) is 13.2. The number of ether oxygens (including phenoxy) is 2. The Bertz CT molecular complexity index is 1060. The van der Waals surface area contributed by atoms with Crippen molar-refractivity contribution in [3.8, 4) is 0 Å². The number of alkyl halides is 3. The molecule has 7 nitrogen and oxygen atoms in total. The van der Waals surface area contributed by atoms with Gasteiger partial charge in [0.05, 0.1) is 30.1 Å². The van der Waals surface area contributed by atoms with E-state index in [1.54, 1.807) is 32.3 Å². The molecule has 0 spiro atoms. The van der Waals surface area contributed by atoms with Crippen LogP contribution < -0.4 is 5.73 Å². The van der Waals surface area contributed by atoms with E-state index in [1.807, 2.05) is 6.92 Å². The number of carbonyl (C=O) groups is 2. The van der Waals surface area contributed by atoms with Crippen molar-refractivity contribution in [2.75, 3.05) is 0 Å². The Morgan fingerprint density at radius 3 is 2.27 bits per heavy atom. The van der Waals surface area contributed by atoms with Crippen LogP contribution in [-0.4, -0.2) is 58.2 Å². The normalized spacial score (nSPS) is 28.8. The third-order valence-corrected chi connectivity index (χ3v) is 9.51. The molecule has 4 unspecified atom stereocenters. The fourth-order valence-corrected chi connectivity index (χ4v) is 5.80. The van der Waals surface area contributed by atoms with Gasteiger partial charge in [0, 0.05) is 11.6 Å². The third-order valence-electron chi connectivity index (χ3n) is 8.72. The van der Waals surface area contributed by atoms with Gasteiger partial charge in [-0.05, 0) is 80.3 Å². The number of rotatable bonds is 15. The molecule has 11 heteroatoms. The second-order valence-corrected chi connectivity index (χ2v) is 13.6. The molecule has 9 atom stereocenters. The van der Waals surface area contributed by atoms with Crippen LogP contribution in [0.5, 0.6) is 0 Å². The molecular weight excluding hydrogens is 559 g/mol. The zero-order valence-electron chi connectivity index (χ0n) is 25.2. The molecule has 2 aliphatic rings. The van der Waals surface area contributed by atoms with Crippen LogP contribution in [0.1, 0.15) is 74.7 Å². The van der Waals surface area contributed by atoms with Crippen molar-refractivity contribution in [2.24, 2.45) is 34.8 Å². The first kappa shape index (κ1) is 35.4. The first-order valence-electron chi connectivity index (χ1n) is 14.0. The Morgan fingerprint density at radius 1 is 1.22 bits per heavy atom. The van der Waals surface area contributed by atoms with Crippen LogP contribution in [0.15, 0.2) is 34.2 Å². The molecule has 1 aliphatic carbocycles. The Morgan fingerprint density at radius 2 is 1.78 bits per heavy atom. The van der Waals surface area contributed by atoms with Crippen LogP contribution in [-0.2, 0) is 19.1 Å². The van der Waals surface area contributed by atoms with E-state index < -0.39 is 71.6 Å². The molecule has 0 aromatic carbocycles. The van der Waals surface area contributed by atoms with E-state index in [-0.39, 0.29) is 18.3 Å². The molecule has 4 N–H and O–H groups in total. The number of aliphatic hydroxyl groups excluding tert-OH is 2. The van der Waals surface area contributed by atoms with Gasteiger partial charge in [0.2, 0.25) is 0 Å². The number of ketones is 1. The highest BCUT2D eigenvalue weighted by Gasteiger charge is 2.73. The number of halogens is 3. The van der Waals surface area contributed by atoms with Crippen molar-refractivity contribution in [3.63, 3.8) is 0 Å². The molecular formula is C30H46F3NO6S. The molecule has 1 saturated heterocycles. The summed E-state index contributed by atoms with van der Waals surface area (Å²) < 4.78 is 50.8. The van der Waals surface area contributed by atoms with E-state index in [1.165, 1.54) is 39.5 Å². The van der Waals surface area contributed by atoms with E-state index in [4.69, 9.17) is 15.2 Å². The summed E-state index contributed by atoms with van der Waals surface area (Å²) in [5.74, 6) is -2.90. The zero-order chi connectivity index (χ0) is 31.7. The predicted octanol–water partition coefficient (Wildman–Crippen LogP) is 5.66. The topological polar surface area (TPSA) is 122 Å². The number of hydrogen-bond acceptors (Lipinski definition) is 8. The van der Waals surface area contributed by atoms with Gasteiger partial charge in [-0.2, -0.15) is 13.2 Å². The SMILES string of the molecule is C=C(C)S/C=C(N)/C=C(\C)[C@H](C)OC(=O)C[C@H](O)C(C)(C)C(=O)[C@H](C)[C@@H](O)[C@@H](C)C1CC1CC1(C(F)(F)F)OC1C. The maximum Gasteiger partial charge on any atom is 0.420 e. The second-order valence-electron chi connectivity index (χ2n) is 12.4. The Labute approximate surface area is 245 Å². The molecule has 2 rings (SSSR count). The van der Waals surface area contributed by atoms with Crippen LogP contribution in [0, 0.1) is 29.1 Å². The van der Waals surface area contributed by atoms with E-state index in [0.717, 1.165) is 4.91 Å². The lowest BCUT2D eigenvalue weighted by Gasteiger charge is -2.34. The van der Waals surface area contributed by atoms with Crippen molar-refractivity contribution in [1.29, 1.82) is 0 Å². The van der Waals surface area contributed by atoms with Gasteiger partial charge in [0.25, 0.3) is 0 Å². The summed E-state index contributed by atoms with van der Waals surface area (Å²) in [5, 5.41) is 23.5. The van der Waals surface area contributed by atoms with Gasteiger partial charge in [0.15, 0.2) is 5.60 Å². The van der Waals surface area contributed by atoms with E-state index in [0.29, 0.717) is 17.7 Å². The molecule has 0 bridgehead atoms. The van der Waals surface area contributed by atoms with Crippen molar-refractivity contribution < 1.29 is 42.4 Å². The van der Waals surface area contributed by atoms with Gasteiger partial charge in [-0.3, -0.25) is 9.59 Å². The Balaban J connectivity index is 1.93. The van der Waals surface area contributed by atoms with Crippen LogP contribution in [0.4, 0.5) is 13.2 Å². The smallest absolute Gasteiger partial charge is 0.420 e. The van der Waals surface area contributed by atoms with Crippen LogP contribution in [0.2, 0.25) is 0 Å². The fraction of sp³-hybridized carbons (Fsp3) is 0.733. The average Bonchev–Trinajstić information content (AvgIpc) is 3.77. The monoisotopic (exact) mass is 605 g/mol. The van der Waals surface area contributed by atoms with Crippen LogP contribution in [0.3, 0.4) is 0 Å². The van der Waals surface area contributed by atoms with Gasteiger partial charge in [0.1, 0.15) is 11.9 Å². The predicted molar refractivity (Wildman–Crippen MR) is 153 cm³/mol. The summed E-state index contributed by atoms with van der Waals surface area (Å²) in [4.78, 5) is 26.8. The summed E-state index contributed by atoms with van der Waals surface area (Å²) in [6.45, 7) is 16.7. The lowest BCUT2D eigenvalue weighted by atomic mass is 9.72. The standard InChI is InChI=1S/C30H46F3NO6S/c1-15(2)41-14-22(34)10-16(3)19(6)39-25(36)12-24(35)28(8,9)27(38)18(5)26(37)17(4)23-11-21(23)13-29(20(7)40-29)30(31,32)33/h10,14,17-21,23-24,26,35,37H,1,11-13,34H2,2-9H3/b16-10+,22-14-/t17-,18+,19-,20?,21?,23?,24-,26-,29?/m0/s1. The summed E-state index contributed by atoms with van der Waals surface area (Å²) in [6, 6.07) is 0. The van der Waals surface area contributed by atoms with E-state index >= 15 is 0 Å². The molecule has 41 heavy (non-hydrogen) atoms. The number of esters is 1. The maximum atomic E-state index is 13.5. The minimum Gasteiger partial charge on any atom is -0.458 e. The fourth-order valence-electron chi connectivity index (χ4n) is 5.40. The third kappa shape index (κ3) is 8.61. The minimum atomic E-state index is -4.45. The van der Waals surface area contributed by atoms with E-state index in [2.05, 4.69) is 6.58 Å². The summed E-state index contributed by atoms with van der Waals surface area (Å²) in [5.41, 5.74) is 3.61. The number of nitrogens with two attached hydrogens (primary N) is 1. The zero-order valence-corrected chi connectivity index (χ0v) is 26.1. The molecule has 0 aromatic heterocycles. The molecule has 234 valence electrons. The van der Waals surface area contributed by atoms with Gasteiger partial charge >= 0.3 is 12.1 Å². The van der Waals surface area contributed by atoms with Crippen molar-refractivity contribution in [1.82, 2.24) is 0 Å². The van der Waals surface area contributed by atoms with Gasteiger partial charge in [-0.1, -0.05) is 34.3 Å². The summed E-state index contributed by atoms with van der Waals surface area (Å²) in [6.07, 6.45) is -6.86. The van der Waals surface area contributed by atoms with Crippen LogP contribution >= 0.6 is 11.8 Å². The Hall–Kier alpha value is -1.82. The number of hydrogen-bond donors (Lipinski definition) is 3. The van der Waals surface area contributed by atoms with Gasteiger partial charge in [-0.15, -0.1) is 11.8 Å². The average molecular weight is 606 g/mol.